The molecule has 2 fully saturated rings. The van der Waals surface area contributed by atoms with Crippen molar-refractivity contribution < 1.29 is 14.3 Å². The molecule has 0 radical (unpaired) electrons. The quantitative estimate of drug-likeness (QED) is 0.750. The predicted octanol–water partition coefficient (Wildman–Crippen LogP) is 0.0172. The number of nitrogens with one attached hydrogen (secondary N) is 2. The third-order valence-electron chi connectivity index (χ3n) is 4.36. The molecule has 7 heteroatoms. The van der Waals surface area contributed by atoms with Gasteiger partial charge in [-0.15, -0.1) is 0 Å². The molecule has 2 rings (SSSR count). The van der Waals surface area contributed by atoms with Gasteiger partial charge in [0.1, 0.15) is 6.04 Å². The summed E-state index contributed by atoms with van der Waals surface area (Å²) in [5.41, 5.74) is 0. The average molecular weight is 312 g/mol. The predicted molar refractivity (Wildman–Crippen MR) is 83.7 cm³/mol. The molecule has 0 spiro atoms. The first-order chi connectivity index (χ1) is 10.6. The van der Waals surface area contributed by atoms with Gasteiger partial charge in [-0.1, -0.05) is 0 Å². The lowest BCUT2D eigenvalue weighted by Crippen LogP contribution is -2.52. The molecule has 0 saturated carbocycles. The Labute approximate surface area is 132 Å². The van der Waals surface area contributed by atoms with Crippen molar-refractivity contribution in [1.29, 1.82) is 0 Å². The first-order valence-corrected chi connectivity index (χ1v) is 8.23. The number of morpholine rings is 1. The van der Waals surface area contributed by atoms with Gasteiger partial charge in [-0.3, -0.25) is 9.69 Å². The number of ether oxygens (including phenoxy) is 1. The van der Waals surface area contributed by atoms with E-state index in [1.54, 1.807) is 6.92 Å². The SMILES string of the molecule is C[C@H](NC(=O)NC[C@@H](C)N1CCOCC1)C(=O)N1CCCC1. The fourth-order valence-electron chi connectivity index (χ4n) is 2.91. The van der Waals surface area contributed by atoms with Gasteiger partial charge in [0.2, 0.25) is 5.91 Å². The third-order valence-corrected chi connectivity index (χ3v) is 4.36. The summed E-state index contributed by atoms with van der Waals surface area (Å²) in [4.78, 5) is 28.2. The summed E-state index contributed by atoms with van der Waals surface area (Å²) in [7, 11) is 0. The van der Waals surface area contributed by atoms with Gasteiger partial charge >= 0.3 is 6.03 Å². The van der Waals surface area contributed by atoms with Crippen LogP contribution < -0.4 is 10.6 Å². The molecule has 2 saturated heterocycles. The van der Waals surface area contributed by atoms with E-state index in [4.69, 9.17) is 4.74 Å². The normalized spacial score (nSPS) is 22.2. The highest BCUT2D eigenvalue weighted by atomic mass is 16.5. The van der Waals surface area contributed by atoms with Crippen LogP contribution in [-0.2, 0) is 9.53 Å². The zero-order chi connectivity index (χ0) is 15.9. The summed E-state index contributed by atoms with van der Waals surface area (Å²) in [6.45, 7) is 9.30. The molecule has 0 aromatic heterocycles. The molecule has 7 nitrogen and oxygen atoms in total. The van der Waals surface area contributed by atoms with E-state index >= 15 is 0 Å². The van der Waals surface area contributed by atoms with E-state index < -0.39 is 6.04 Å². The maximum absolute atomic E-state index is 12.1. The van der Waals surface area contributed by atoms with Gasteiger partial charge in [0, 0.05) is 38.8 Å². The molecule has 2 aliphatic rings. The standard InChI is InChI=1S/C15H28N4O3/c1-12(18-7-9-22-10-8-18)11-16-15(21)17-13(2)14(20)19-5-3-4-6-19/h12-13H,3-11H2,1-2H3,(H2,16,17,21)/t12-,13+/m1/s1. The second-order valence-electron chi connectivity index (χ2n) is 6.11. The minimum Gasteiger partial charge on any atom is -0.379 e. The Morgan fingerprint density at radius 2 is 1.73 bits per heavy atom. The van der Waals surface area contributed by atoms with Crippen LogP contribution in [0.1, 0.15) is 26.7 Å². The van der Waals surface area contributed by atoms with Crippen molar-refractivity contribution in [1.82, 2.24) is 20.4 Å². The zero-order valence-electron chi connectivity index (χ0n) is 13.6. The molecule has 2 N–H and O–H groups in total. The molecular weight excluding hydrogens is 284 g/mol. The number of urea groups is 1. The van der Waals surface area contributed by atoms with Crippen LogP contribution in [0, 0.1) is 0 Å². The highest BCUT2D eigenvalue weighted by Gasteiger charge is 2.24. The lowest BCUT2D eigenvalue weighted by atomic mass is 10.2. The lowest BCUT2D eigenvalue weighted by Gasteiger charge is -2.32. The molecule has 0 aromatic carbocycles. The molecule has 0 unspecified atom stereocenters. The van der Waals surface area contributed by atoms with E-state index in [9.17, 15) is 9.59 Å². The number of hydrogen-bond acceptors (Lipinski definition) is 4. The molecule has 22 heavy (non-hydrogen) atoms. The fourth-order valence-corrected chi connectivity index (χ4v) is 2.91. The van der Waals surface area contributed by atoms with Crippen LogP contribution in [0.3, 0.4) is 0 Å². The van der Waals surface area contributed by atoms with E-state index in [0.717, 1.165) is 52.2 Å². The van der Waals surface area contributed by atoms with Gasteiger partial charge in [0.05, 0.1) is 13.2 Å². The molecule has 0 bridgehead atoms. The van der Waals surface area contributed by atoms with Gasteiger partial charge in [-0.05, 0) is 26.7 Å². The van der Waals surface area contributed by atoms with Crippen molar-refractivity contribution in [3.8, 4) is 0 Å². The Kier molecular flexibility index (Phi) is 6.45. The summed E-state index contributed by atoms with van der Waals surface area (Å²) in [5.74, 6) is 0.00822. The summed E-state index contributed by atoms with van der Waals surface area (Å²) >= 11 is 0. The maximum Gasteiger partial charge on any atom is 0.315 e. The van der Waals surface area contributed by atoms with Crippen molar-refractivity contribution >= 4 is 11.9 Å². The Morgan fingerprint density at radius 1 is 1.09 bits per heavy atom. The van der Waals surface area contributed by atoms with Gasteiger partial charge in [-0.2, -0.15) is 0 Å². The average Bonchev–Trinajstić information content (AvgIpc) is 3.07. The minimum absolute atomic E-state index is 0.00822. The summed E-state index contributed by atoms with van der Waals surface area (Å²) in [5, 5.41) is 5.58. The van der Waals surface area contributed by atoms with Gasteiger partial charge in [-0.25, -0.2) is 4.79 Å². The first-order valence-electron chi connectivity index (χ1n) is 8.23. The first kappa shape index (κ1) is 17.0. The molecule has 126 valence electrons. The van der Waals surface area contributed by atoms with E-state index in [2.05, 4.69) is 22.5 Å². The van der Waals surface area contributed by atoms with Crippen molar-refractivity contribution in [3.63, 3.8) is 0 Å². The van der Waals surface area contributed by atoms with Crippen molar-refractivity contribution in [2.45, 2.75) is 38.8 Å². The fraction of sp³-hybridized carbons (Fsp3) is 0.867. The minimum atomic E-state index is -0.475. The molecule has 0 aliphatic carbocycles. The van der Waals surface area contributed by atoms with Crippen LogP contribution in [0.25, 0.3) is 0 Å². The number of hydrogen-bond donors (Lipinski definition) is 2. The second kappa shape index (κ2) is 8.33. The number of rotatable bonds is 5. The molecule has 2 heterocycles. The topological polar surface area (TPSA) is 73.9 Å². The van der Waals surface area contributed by atoms with E-state index in [-0.39, 0.29) is 18.0 Å². The number of likely N-dealkylation sites (tertiary alicyclic amines) is 1. The Bertz CT molecular complexity index is 379. The van der Waals surface area contributed by atoms with Gasteiger partial charge < -0.3 is 20.3 Å². The van der Waals surface area contributed by atoms with E-state index in [1.807, 2.05) is 4.90 Å². The van der Waals surface area contributed by atoms with Crippen molar-refractivity contribution in [2.24, 2.45) is 0 Å². The molecule has 3 amide bonds. The maximum atomic E-state index is 12.1. The number of carbonyl (C=O) groups is 2. The van der Waals surface area contributed by atoms with Crippen LogP contribution >= 0.6 is 0 Å². The summed E-state index contributed by atoms with van der Waals surface area (Å²) in [6, 6.07) is -0.490. The van der Waals surface area contributed by atoms with Crippen LogP contribution in [0.2, 0.25) is 0 Å². The van der Waals surface area contributed by atoms with E-state index in [0.29, 0.717) is 6.54 Å². The molecule has 2 aliphatic heterocycles. The zero-order valence-corrected chi connectivity index (χ0v) is 13.6. The van der Waals surface area contributed by atoms with Crippen LogP contribution in [0.5, 0.6) is 0 Å². The third kappa shape index (κ3) is 4.84. The Balaban J connectivity index is 1.67. The van der Waals surface area contributed by atoms with E-state index in [1.165, 1.54) is 0 Å². The van der Waals surface area contributed by atoms with Crippen LogP contribution in [-0.4, -0.2) is 79.8 Å². The second-order valence-corrected chi connectivity index (χ2v) is 6.11. The monoisotopic (exact) mass is 312 g/mol. The van der Waals surface area contributed by atoms with Gasteiger partial charge in [0.25, 0.3) is 0 Å². The van der Waals surface area contributed by atoms with Crippen LogP contribution in [0.15, 0.2) is 0 Å². The number of carbonyl (C=O) groups excluding carboxylic acids is 2. The highest BCUT2D eigenvalue weighted by molar-refractivity contribution is 5.86. The number of amides is 3. The largest absolute Gasteiger partial charge is 0.379 e. The van der Waals surface area contributed by atoms with Crippen molar-refractivity contribution in [2.75, 3.05) is 45.9 Å². The lowest BCUT2D eigenvalue weighted by molar-refractivity contribution is -0.131. The summed E-state index contributed by atoms with van der Waals surface area (Å²) < 4.78 is 5.32. The number of nitrogens with zero attached hydrogens (tertiary/aromatic N) is 2. The smallest absolute Gasteiger partial charge is 0.315 e. The van der Waals surface area contributed by atoms with Crippen molar-refractivity contribution in [3.05, 3.63) is 0 Å². The Morgan fingerprint density at radius 3 is 2.36 bits per heavy atom. The Hall–Kier alpha value is -1.34. The van der Waals surface area contributed by atoms with Crippen LogP contribution in [0.4, 0.5) is 4.79 Å². The molecular formula is C15H28N4O3. The molecule has 2 atom stereocenters. The molecule has 0 aromatic rings. The summed E-state index contributed by atoms with van der Waals surface area (Å²) in [6.07, 6.45) is 2.11. The van der Waals surface area contributed by atoms with Gasteiger partial charge in [0.15, 0.2) is 0 Å². The highest BCUT2D eigenvalue weighted by Crippen LogP contribution is 2.09.